The molecule has 3 heterocycles. The second kappa shape index (κ2) is 7.49. The Hall–Kier alpha value is -3.57. The van der Waals surface area contributed by atoms with Crippen molar-refractivity contribution in [2.24, 2.45) is 22.6 Å². The highest BCUT2D eigenvalue weighted by Crippen LogP contribution is 2.55. The molecule has 0 radical (unpaired) electrons. The van der Waals surface area contributed by atoms with Crippen LogP contribution in [-0.2, 0) is 23.9 Å². The number of allylic oxidation sites excluding steroid dienone is 1. The third-order valence-electron chi connectivity index (χ3n) is 6.88. The molecule has 11 heteroatoms. The molecule has 4 N–H and O–H groups in total. The Morgan fingerprint density at radius 1 is 1.36 bits per heavy atom. The second-order valence-corrected chi connectivity index (χ2v) is 8.48. The highest BCUT2D eigenvalue weighted by Gasteiger charge is 2.73. The summed E-state index contributed by atoms with van der Waals surface area (Å²) >= 11 is 0. The summed E-state index contributed by atoms with van der Waals surface area (Å²) in [5, 5.41) is 5.85. The maximum atomic E-state index is 13.7. The molecule has 1 aromatic carbocycles. The maximum absolute atomic E-state index is 13.7. The monoisotopic (exact) mass is 453 g/mol. The van der Waals surface area contributed by atoms with E-state index in [2.05, 4.69) is 15.6 Å². The van der Waals surface area contributed by atoms with Crippen molar-refractivity contribution in [3.63, 3.8) is 0 Å². The van der Waals surface area contributed by atoms with Crippen molar-refractivity contribution in [2.75, 3.05) is 25.6 Å². The number of anilines is 1. The zero-order chi connectivity index (χ0) is 23.5. The topological polar surface area (TPSA) is 162 Å². The van der Waals surface area contributed by atoms with Crippen LogP contribution < -0.4 is 16.4 Å². The molecule has 5 rings (SSSR count). The molecule has 2 saturated heterocycles. The highest BCUT2D eigenvalue weighted by atomic mass is 16.6. The summed E-state index contributed by atoms with van der Waals surface area (Å²) in [5.41, 5.74) is 5.88. The van der Waals surface area contributed by atoms with Gasteiger partial charge in [0.2, 0.25) is 12.2 Å². The van der Waals surface area contributed by atoms with Crippen LogP contribution in [0, 0.1) is 11.8 Å². The summed E-state index contributed by atoms with van der Waals surface area (Å²) < 4.78 is 11.1. The number of ether oxygens (including phenoxy) is 2. The van der Waals surface area contributed by atoms with Crippen molar-refractivity contribution in [1.82, 2.24) is 10.2 Å². The van der Waals surface area contributed by atoms with Crippen LogP contribution in [-0.4, -0.2) is 72.8 Å². The molecule has 33 heavy (non-hydrogen) atoms. The van der Waals surface area contributed by atoms with Crippen molar-refractivity contribution in [1.29, 1.82) is 0 Å². The summed E-state index contributed by atoms with van der Waals surface area (Å²) in [6, 6.07) is 6.59. The number of carbonyl (C=O) groups excluding carboxylic acids is 4. The molecule has 4 aliphatic rings. The number of carbonyl (C=O) groups is 4. The van der Waals surface area contributed by atoms with Crippen molar-refractivity contribution < 1.29 is 28.7 Å². The third kappa shape index (κ3) is 3.00. The summed E-state index contributed by atoms with van der Waals surface area (Å²) in [5.74, 6) is -2.08. The Morgan fingerprint density at radius 3 is 2.73 bits per heavy atom. The number of hydrogen-bond acceptors (Lipinski definition) is 9. The number of rotatable bonds is 6. The van der Waals surface area contributed by atoms with E-state index < -0.39 is 23.7 Å². The van der Waals surface area contributed by atoms with Crippen molar-refractivity contribution in [2.45, 2.75) is 24.7 Å². The normalized spacial score (nSPS) is 33.0. The number of fused-ring (bicyclic) bond motifs is 4. The number of nitrogens with two attached hydrogens (primary N) is 1. The summed E-state index contributed by atoms with van der Waals surface area (Å²) in [6.07, 6.45) is -0.410. The third-order valence-corrected chi connectivity index (χ3v) is 6.88. The zero-order valence-electron chi connectivity index (χ0n) is 18.0. The predicted octanol–water partition coefficient (Wildman–Crippen LogP) is 0.0932. The van der Waals surface area contributed by atoms with Gasteiger partial charge in [0.1, 0.15) is 6.61 Å². The standard InChI is InChI=1S/C22H23N5O6/c1-10-16(25-12-5-3-11(4-6-12)24-9-28)19(30)15-13(8-33-21(23)31)22(32-2)20-14(26-20)7-27(22)17(15)18(10)29/h3-6,9-10,13-14,20,26H,7-8H2,1-2H3,(H2,23,31)(H,24,28). The van der Waals surface area contributed by atoms with Crippen LogP contribution in [0.2, 0.25) is 0 Å². The minimum absolute atomic E-state index is 0.103. The van der Waals surface area contributed by atoms with Gasteiger partial charge in [-0.2, -0.15) is 0 Å². The molecule has 0 bridgehead atoms. The molecule has 2 amide bonds. The van der Waals surface area contributed by atoms with Gasteiger partial charge < -0.3 is 30.7 Å². The van der Waals surface area contributed by atoms with Crippen molar-refractivity contribution in [3.05, 3.63) is 35.5 Å². The molecule has 2 fully saturated rings. The van der Waals surface area contributed by atoms with Gasteiger partial charge in [0.05, 0.1) is 35.0 Å². The van der Waals surface area contributed by atoms with E-state index in [-0.39, 0.29) is 41.5 Å². The molecule has 5 atom stereocenters. The fraction of sp³-hybridized carbons (Fsp3) is 0.409. The summed E-state index contributed by atoms with van der Waals surface area (Å²) in [7, 11) is 1.52. The van der Waals surface area contributed by atoms with Gasteiger partial charge in [-0.3, -0.25) is 14.4 Å². The Balaban J connectivity index is 1.57. The number of methoxy groups -OCH3 is 1. The van der Waals surface area contributed by atoms with Gasteiger partial charge in [0.15, 0.2) is 11.5 Å². The number of aliphatic imine (C=N–C) groups is 1. The average Bonchev–Trinajstić information content (AvgIpc) is 3.41. The molecule has 172 valence electrons. The lowest BCUT2D eigenvalue weighted by Gasteiger charge is -2.39. The molecule has 3 aliphatic heterocycles. The van der Waals surface area contributed by atoms with Crippen molar-refractivity contribution in [3.8, 4) is 0 Å². The minimum Gasteiger partial charge on any atom is -0.449 e. The Labute approximate surface area is 189 Å². The smallest absolute Gasteiger partial charge is 0.404 e. The Morgan fingerprint density at radius 2 is 2.09 bits per heavy atom. The highest BCUT2D eigenvalue weighted by molar-refractivity contribution is 6.53. The first-order valence-corrected chi connectivity index (χ1v) is 10.6. The van der Waals surface area contributed by atoms with E-state index in [4.69, 9.17) is 15.2 Å². The minimum atomic E-state index is -1.02. The van der Waals surface area contributed by atoms with E-state index >= 15 is 0 Å². The zero-order valence-corrected chi connectivity index (χ0v) is 18.0. The van der Waals surface area contributed by atoms with Gasteiger partial charge in [-0.25, -0.2) is 9.79 Å². The quantitative estimate of drug-likeness (QED) is 0.403. The number of nitrogens with zero attached hydrogens (tertiary/aromatic N) is 2. The Bertz CT molecular complexity index is 1130. The Kier molecular flexibility index (Phi) is 4.83. The van der Waals surface area contributed by atoms with Crippen molar-refractivity contribution >= 4 is 41.2 Å². The van der Waals surface area contributed by atoms with Crippen LogP contribution in [0.4, 0.5) is 16.2 Å². The number of piperazine rings is 1. The average molecular weight is 453 g/mol. The van der Waals surface area contributed by atoms with Crippen LogP contribution in [0.3, 0.4) is 0 Å². The first-order valence-electron chi connectivity index (χ1n) is 10.6. The van der Waals surface area contributed by atoms with E-state index in [0.717, 1.165) is 0 Å². The number of primary amides is 1. The number of ketones is 2. The number of hydrogen-bond donors (Lipinski definition) is 3. The summed E-state index contributed by atoms with van der Waals surface area (Å²) in [4.78, 5) is 55.5. The fourth-order valence-corrected chi connectivity index (χ4v) is 5.37. The van der Waals surface area contributed by atoms with Gasteiger partial charge in [-0.05, 0) is 31.2 Å². The first-order chi connectivity index (χ1) is 15.8. The molecule has 0 aromatic heterocycles. The maximum Gasteiger partial charge on any atom is 0.404 e. The molecule has 0 spiro atoms. The van der Waals surface area contributed by atoms with Gasteiger partial charge in [0, 0.05) is 31.0 Å². The lowest BCUT2D eigenvalue weighted by molar-refractivity contribution is -0.138. The van der Waals surface area contributed by atoms with Crippen LogP contribution >= 0.6 is 0 Å². The number of Topliss-reactive ketones (excluding diaryl/α,β-unsaturated/α-hetero) is 2. The molecule has 5 unspecified atom stereocenters. The van der Waals surface area contributed by atoms with E-state index in [1.807, 2.05) is 4.90 Å². The van der Waals surface area contributed by atoms with Crippen LogP contribution in [0.15, 0.2) is 40.5 Å². The van der Waals surface area contributed by atoms with E-state index in [1.54, 1.807) is 31.2 Å². The number of amides is 2. The molecule has 1 aliphatic carbocycles. The van der Waals surface area contributed by atoms with Crippen LogP contribution in [0.5, 0.6) is 0 Å². The fourth-order valence-electron chi connectivity index (χ4n) is 5.37. The van der Waals surface area contributed by atoms with Gasteiger partial charge in [-0.1, -0.05) is 0 Å². The van der Waals surface area contributed by atoms with Gasteiger partial charge in [-0.15, -0.1) is 0 Å². The van der Waals surface area contributed by atoms with E-state index in [0.29, 0.717) is 30.0 Å². The van der Waals surface area contributed by atoms with Gasteiger partial charge >= 0.3 is 6.09 Å². The molecule has 0 saturated carbocycles. The second-order valence-electron chi connectivity index (χ2n) is 8.48. The molecular weight excluding hydrogens is 430 g/mol. The lowest BCUT2D eigenvalue weighted by Crippen LogP contribution is -2.55. The molecule has 1 aromatic rings. The van der Waals surface area contributed by atoms with Crippen LogP contribution in [0.25, 0.3) is 0 Å². The molecular formula is C22H23N5O6. The number of nitrogens with one attached hydrogen (secondary N) is 2. The predicted molar refractivity (Wildman–Crippen MR) is 116 cm³/mol. The first kappa shape index (κ1) is 21.3. The SMILES string of the molecule is COC12C(COC(N)=O)C3=C(C(=O)C(C)C(=Nc4ccc(NC=O)cc4)C3=O)N1CC1NC12. The number of benzene rings is 1. The summed E-state index contributed by atoms with van der Waals surface area (Å²) in [6.45, 7) is 1.96. The largest absolute Gasteiger partial charge is 0.449 e. The van der Waals surface area contributed by atoms with Gasteiger partial charge in [0.25, 0.3) is 0 Å². The van der Waals surface area contributed by atoms with E-state index in [1.165, 1.54) is 7.11 Å². The van der Waals surface area contributed by atoms with Crippen LogP contribution in [0.1, 0.15) is 6.92 Å². The lowest BCUT2D eigenvalue weighted by atomic mass is 9.78. The van der Waals surface area contributed by atoms with E-state index in [9.17, 15) is 19.2 Å². The molecule has 11 nitrogen and oxygen atoms in total.